The maximum absolute atomic E-state index is 12.7. The molecule has 0 bridgehead atoms. The van der Waals surface area contributed by atoms with Gasteiger partial charge in [0.25, 0.3) is 0 Å². The Kier molecular flexibility index (Phi) is 8.71. The molecule has 0 aromatic heterocycles. The van der Waals surface area contributed by atoms with Crippen molar-refractivity contribution in [3.05, 3.63) is 47.5 Å². The Balaban J connectivity index is 1.22. The number of esters is 1. The number of fused-ring (bicyclic) bond motifs is 5. The van der Waals surface area contributed by atoms with E-state index in [1.807, 2.05) is 30.3 Å². The van der Waals surface area contributed by atoms with Gasteiger partial charge in [-0.2, -0.15) is 0 Å². The van der Waals surface area contributed by atoms with Crippen LogP contribution in [0.25, 0.3) is 0 Å². The van der Waals surface area contributed by atoms with E-state index in [0.717, 1.165) is 59.8 Å². The molecule has 0 spiro atoms. The van der Waals surface area contributed by atoms with Crippen LogP contribution < -0.4 is 0 Å². The molecule has 1 aromatic rings. The third kappa shape index (κ3) is 5.65. The van der Waals surface area contributed by atoms with Gasteiger partial charge in [0.15, 0.2) is 0 Å². The minimum absolute atomic E-state index is 0.0560. The van der Waals surface area contributed by atoms with Gasteiger partial charge in [-0.3, -0.25) is 4.79 Å². The number of benzene rings is 1. The molecule has 0 aliphatic heterocycles. The summed E-state index contributed by atoms with van der Waals surface area (Å²) in [6, 6.07) is 10.0. The fourth-order valence-corrected chi connectivity index (χ4v) is 10.4. The van der Waals surface area contributed by atoms with Gasteiger partial charge in [0, 0.05) is 6.42 Å². The third-order valence-corrected chi connectivity index (χ3v) is 12.8. The van der Waals surface area contributed by atoms with E-state index in [9.17, 15) is 4.79 Å². The first-order valence-corrected chi connectivity index (χ1v) is 16.6. The molecule has 0 radical (unpaired) electrons. The Morgan fingerprint density at radius 1 is 0.974 bits per heavy atom. The lowest BCUT2D eigenvalue weighted by Crippen LogP contribution is -2.51. The summed E-state index contributed by atoms with van der Waals surface area (Å²) in [5.41, 5.74) is 3.49. The number of rotatable bonds is 9. The summed E-state index contributed by atoms with van der Waals surface area (Å²) < 4.78 is 6.03. The largest absolute Gasteiger partial charge is 0.462 e. The number of carbonyl (C=O) groups is 1. The maximum Gasteiger partial charge on any atom is 0.310 e. The summed E-state index contributed by atoms with van der Waals surface area (Å²) >= 11 is 0. The Morgan fingerprint density at radius 3 is 2.46 bits per heavy atom. The van der Waals surface area contributed by atoms with Gasteiger partial charge in [-0.1, -0.05) is 96.4 Å². The first-order valence-electron chi connectivity index (χ1n) is 16.6. The Hall–Kier alpha value is -1.57. The zero-order valence-corrected chi connectivity index (χ0v) is 25.9. The molecular formula is C37H56O2. The van der Waals surface area contributed by atoms with Crippen molar-refractivity contribution >= 4 is 5.97 Å². The standard InChI is InChI=1S/C37H56O2/c1-7-28(25(2)3)14-13-26(4)32-17-18-33-31-16-15-29-24-30(39-35(38)23-27-11-9-8-10-12-27)19-21-36(29,5)34(31)20-22-37(32,33)6/h8-12,15,25-26,28,30-34H,7,13-14,16-24H2,1-6H3/t26-,28-,30+,31+,32-,33+,34+,36+,37-/m1/s1. The van der Waals surface area contributed by atoms with Gasteiger partial charge in [-0.05, 0) is 109 Å². The number of hydrogen-bond acceptors (Lipinski definition) is 2. The molecule has 4 aliphatic carbocycles. The molecule has 0 saturated heterocycles. The number of allylic oxidation sites excluding steroid dienone is 1. The van der Waals surface area contributed by atoms with Crippen molar-refractivity contribution < 1.29 is 9.53 Å². The van der Waals surface area contributed by atoms with Crippen LogP contribution >= 0.6 is 0 Å². The predicted octanol–water partition coefficient (Wildman–Crippen LogP) is 9.82. The second-order valence-electron chi connectivity index (χ2n) is 15.0. The minimum Gasteiger partial charge on any atom is -0.462 e. The lowest BCUT2D eigenvalue weighted by Gasteiger charge is -2.58. The number of carbonyl (C=O) groups excluding carboxylic acids is 1. The maximum atomic E-state index is 12.7. The molecule has 0 amide bonds. The SMILES string of the molecule is CC[C@H](CC[C@@H](C)[C@H]1CC[C@H]2[C@@H]3CC=C4C[C@@H](OC(=O)Cc5ccccc5)CC[C@]4(C)[C@H]3CC[C@]12C)C(C)C. The van der Waals surface area contributed by atoms with E-state index in [1.165, 1.54) is 57.8 Å². The van der Waals surface area contributed by atoms with Gasteiger partial charge in [-0.25, -0.2) is 0 Å². The highest BCUT2D eigenvalue weighted by atomic mass is 16.5. The van der Waals surface area contributed by atoms with Crippen molar-refractivity contribution in [1.82, 2.24) is 0 Å². The van der Waals surface area contributed by atoms with E-state index in [0.29, 0.717) is 17.3 Å². The molecule has 4 aliphatic rings. The lowest BCUT2D eigenvalue weighted by molar-refractivity contribution is -0.150. The van der Waals surface area contributed by atoms with E-state index in [-0.39, 0.29) is 12.1 Å². The minimum atomic E-state index is -0.0673. The van der Waals surface area contributed by atoms with E-state index in [4.69, 9.17) is 4.74 Å². The molecule has 3 saturated carbocycles. The van der Waals surface area contributed by atoms with Crippen LogP contribution in [0.1, 0.15) is 118 Å². The summed E-state index contributed by atoms with van der Waals surface area (Å²) in [4.78, 5) is 12.7. The van der Waals surface area contributed by atoms with Crippen LogP contribution in [0, 0.1) is 52.3 Å². The van der Waals surface area contributed by atoms with Crippen LogP contribution in [-0.4, -0.2) is 12.1 Å². The summed E-state index contributed by atoms with van der Waals surface area (Å²) in [6.45, 7) is 15.1. The molecular weight excluding hydrogens is 476 g/mol. The summed E-state index contributed by atoms with van der Waals surface area (Å²) in [5.74, 6) is 5.97. The van der Waals surface area contributed by atoms with Gasteiger partial charge in [-0.15, -0.1) is 0 Å². The zero-order valence-electron chi connectivity index (χ0n) is 25.9. The highest BCUT2D eigenvalue weighted by Gasteiger charge is 2.59. The molecule has 2 nitrogen and oxygen atoms in total. The summed E-state index contributed by atoms with van der Waals surface area (Å²) in [7, 11) is 0. The Labute approximate surface area is 239 Å². The van der Waals surface area contributed by atoms with Crippen LogP contribution in [0.15, 0.2) is 42.0 Å². The highest BCUT2D eigenvalue weighted by molar-refractivity contribution is 5.72. The number of hydrogen-bond donors (Lipinski definition) is 0. The monoisotopic (exact) mass is 532 g/mol. The van der Waals surface area contributed by atoms with E-state index >= 15 is 0 Å². The lowest BCUT2D eigenvalue weighted by atomic mass is 9.47. The second kappa shape index (κ2) is 11.7. The molecule has 39 heavy (non-hydrogen) atoms. The molecule has 9 atom stereocenters. The fraction of sp³-hybridized carbons (Fsp3) is 0.757. The van der Waals surface area contributed by atoms with Gasteiger partial charge < -0.3 is 4.74 Å². The Bertz CT molecular complexity index is 1010. The molecule has 5 rings (SSSR count). The van der Waals surface area contributed by atoms with Crippen LogP contribution in [0.3, 0.4) is 0 Å². The Morgan fingerprint density at radius 2 is 1.74 bits per heavy atom. The second-order valence-corrected chi connectivity index (χ2v) is 15.0. The zero-order chi connectivity index (χ0) is 27.8. The molecule has 216 valence electrons. The third-order valence-electron chi connectivity index (χ3n) is 12.8. The predicted molar refractivity (Wildman–Crippen MR) is 162 cm³/mol. The quantitative estimate of drug-likeness (QED) is 0.234. The van der Waals surface area contributed by atoms with E-state index in [2.05, 4.69) is 47.6 Å². The average Bonchev–Trinajstić information content (AvgIpc) is 3.27. The van der Waals surface area contributed by atoms with Crippen molar-refractivity contribution in [3.8, 4) is 0 Å². The summed E-state index contributed by atoms with van der Waals surface area (Å²) in [5, 5.41) is 0. The van der Waals surface area contributed by atoms with Crippen molar-refractivity contribution in [2.24, 2.45) is 52.3 Å². The smallest absolute Gasteiger partial charge is 0.310 e. The highest BCUT2D eigenvalue weighted by Crippen LogP contribution is 2.67. The topological polar surface area (TPSA) is 26.3 Å². The van der Waals surface area contributed by atoms with Crippen LogP contribution in [0.4, 0.5) is 0 Å². The average molecular weight is 533 g/mol. The number of ether oxygens (including phenoxy) is 1. The summed E-state index contributed by atoms with van der Waals surface area (Å²) in [6.07, 6.45) is 17.4. The van der Waals surface area contributed by atoms with Crippen LogP contribution in [0.5, 0.6) is 0 Å². The van der Waals surface area contributed by atoms with E-state index < -0.39 is 0 Å². The molecule has 0 N–H and O–H groups in total. The van der Waals surface area contributed by atoms with Crippen molar-refractivity contribution in [1.29, 1.82) is 0 Å². The molecule has 2 heteroatoms. The molecule has 0 unspecified atom stereocenters. The van der Waals surface area contributed by atoms with Crippen LogP contribution in [0.2, 0.25) is 0 Å². The fourth-order valence-electron chi connectivity index (χ4n) is 10.4. The molecule has 0 heterocycles. The van der Waals surface area contributed by atoms with Crippen molar-refractivity contribution in [2.75, 3.05) is 0 Å². The van der Waals surface area contributed by atoms with E-state index in [1.54, 1.807) is 5.57 Å². The van der Waals surface area contributed by atoms with Crippen molar-refractivity contribution in [2.45, 2.75) is 125 Å². The molecule has 1 aromatic carbocycles. The first-order chi connectivity index (χ1) is 18.7. The molecule has 3 fully saturated rings. The van der Waals surface area contributed by atoms with Gasteiger partial charge in [0.1, 0.15) is 6.10 Å². The van der Waals surface area contributed by atoms with Gasteiger partial charge >= 0.3 is 5.97 Å². The van der Waals surface area contributed by atoms with Crippen molar-refractivity contribution in [3.63, 3.8) is 0 Å². The first kappa shape index (κ1) is 28.9. The van der Waals surface area contributed by atoms with Gasteiger partial charge in [0.05, 0.1) is 6.42 Å². The van der Waals surface area contributed by atoms with Gasteiger partial charge in [0.2, 0.25) is 0 Å². The normalized spacial score (nSPS) is 37.3. The van der Waals surface area contributed by atoms with Crippen LogP contribution in [-0.2, 0) is 16.0 Å².